The lowest BCUT2D eigenvalue weighted by Crippen LogP contribution is -2.24. The molecule has 2 aromatic carbocycles. The van der Waals surface area contributed by atoms with E-state index in [1.165, 1.54) is 33.3 Å². The monoisotopic (exact) mass is 453 g/mol. The van der Waals surface area contributed by atoms with Gasteiger partial charge in [-0.3, -0.25) is 9.69 Å². The van der Waals surface area contributed by atoms with Crippen LogP contribution in [0.15, 0.2) is 53.2 Å². The Morgan fingerprint density at radius 1 is 0.909 bits per heavy atom. The highest BCUT2D eigenvalue weighted by atomic mass is 16.5. The molecule has 1 aliphatic rings. The fourth-order valence-electron chi connectivity index (χ4n) is 3.67. The molecule has 8 heteroatoms. The molecule has 0 atom stereocenters. The second kappa shape index (κ2) is 10.1. The Kier molecular flexibility index (Phi) is 7.27. The highest BCUT2D eigenvalue weighted by Gasteiger charge is 2.38. The summed E-state index contributed by atoms with van der Waals surface area (Å²) in [5.74, 6) is 1.13. The second-order valence-corrected chi connectivity index (χ2v) is 7.03. The van der Waals surface area contributed by atoms with Gasteiger partial charge in [0.1, 0.15) is 0 Å². The van der Waals surface area contributed by atoms with Crippen LogP contribution in [0.1, 0.15) is 19.4 Å². The lowest BCUT2D eigenvalue weighted by Gasteiger charge is -2.19. The maximum Gasteiger partial charge on any atom is 0.340 e. The lowest BCUT2D eigenvalue weighted by molar-refractivity contribution is -0.136. The fourth-order valence-corrected chi connectivity index (χ4v) is 3.67. The van der Waals surface area contributed by atoms with E-state index in [-0.39, 0.29) is 17.1 Å². The standard InChI is InChI=1S/C25H27NO7/c1-7-33-20-10-8-16(13-21(20)30-4)12-18-23(25(28)32-6)15(2)26(24(18)27)17-9-11-19(29-3)22(14-17)31-5/h8-14H,7H2,1-6H3/b18-12-. The molecule has 0 N–H and O–H groups in total. The molecule has 0 spiro atoms. The van der Waals surface area contributed by atoms with Gasteiger partial charge in [0.25, 0.3) is 5.91 Å². The number of amides is 1. The van der Waals surface area contributed by atoms with E-state index in [0.29, 0.717) is 46.6 Å². The van der Waals surface area contributed by atoms with Crippen LogP contribution < -0.4 is 23.8 Å². The summed E-state index contributed by atoms with van der Waals surface area (Å²) in [6.45, 7) is 4.07. The predicted octanol–water partition coefficient (Wildman–Crippen LogP) is 3.99. The van der Waals surface area contributed by atoms with E-state index in [1.807, 2.05) is 6.92 Å². The normalized spacial score (nSPS) is 14.5. The maximum atomic E-state index is 13.5. The summed E-state index contributed by atoms with van der Waals surface area (Å²) in [6.07, 6.45) is 1.64. The zero-order chi connectivity index (χ0) is 24.1. The van der Waals surface area contributed by atoms with E-state index >= 15 is 0 Å². The molecule has 0 unspecified atom stereocenters. The average molecular weight is 453 g/mol. The average Bonchev–Trinajstić information content (AvgIpc) is 3.08. The molecule has 0 saturated carbocycles. The summed E-state index contributed by atoms with van der Waals surface area (Å²) in [7, 11) is 5.87. The van der Waals surface area contributed by atoms with Crippen LogP contribution >= 0.6 is 0 Å². The van der Waals surface area contributed by atoms with Gasteiger partial charge in [-0.05, 0) is 49.8 Å². The number of hydrogen-bond acceptors (Lipinski definition) is 7. The molecule has 0 radical (unpaired) electrons. The molecular weight excluding hydrogens is 426 g/mol. The Bertz CT molecular complexity index is 1130. The van der Waals surface area contributed by atoms with E-state index in [9.17, 15) is 9.59 Å². The van der Waals surface area contributed by atoms with Gasteiger partial charge in [0.2, 0.25) is 0 Å². The number of anilines is 1. The van der Waals surface area contributed by atoms with Gasteiger partial charge in [0.05, 0.1) is 51.9 Å². The van der Waals surface area contributed by atoms with Gasteiger partial charge in [0, 0.05) is 11.8 Å². The summed E-state index contributed by atoms with van der Waals surface area (Å²) < 4.78 is 26.6. The number of ether oxygens (including phenoxy) is 5. The number of rotatable bonds is 8. The fraction of sp³-hybridized carbons (Fsp3) is 0.280. The van der Waals surface area contributed by atoms with Crippen molar-refractivity contribution in [1.82, 2.24) is 0 Å². The third-order valence-corrected chi connectivity index (χ3v) is 5.21. The van der Waals surface area contributed by atoms with Crippen molar-refractivity contribution in [2.24, 2.45) is 0 Å². The SMILES string of the molecule is CCOc1ccc(/C=C2\C(=O)N(c3ccc(OC)c(OC)c3)C(C)=C2C(=O)OC)cc1OC. The summed E-state index contributed by atoms with van der Waals surface area (Å²) >= 11 is 0. The molecule has 1 amide bonds. The van der Waals surface area contributed by atoms with Crippen LogP contribution in [-0.2, 0) is 14.3 Å². The number of methoxy groups -OCH3 is 4. The van der Waals surface area contributed by atoms with Crippen LogP contribution in [0.3, 0.4) is 0 Å². The summed E-state index contributed by atoms with van der Waals surface area (Å²) in [6, 6.07) is 10.4. The van der Waals surface area contributed by atoms with Crippen molar-refractivity contribution < 1.29 is 33.3 Å². The molecular formula is C25H27NO7. The minimum absolute atomic E-state index is 0.185. The van der Waals surface area contributed by atoms with E-state index in [2.05, 4.69) is 0 Å². The first-order valence-corrected chi connectivity index (χ1v) is 10.3. The number of carbonyl (C=O) groups is 2. The highest BCUT2D eigenvalue weighted by molar-refractivity contribution is 6.23. The second-order valence-electron chi connectivity index (χ2n) is 7.03. The summed E-state index contributed by atoms with van der Waals surface area (Å²) in [5, 5.41) is 0. The quantitative estimate of drug-likeness (QED) is 0.441. The Morgan fingerprint density at radius 3 is 2.15 bits per heavy atom. The van der Waals surface area contributed by atoms with Crippen LogP contribution in [0.25, 0.3) is 6.08 Å². The molecule has 1 heterocycles. The predicted molar refractivity (Wildman–Crippen MR) is 124 cm³/mol. The number of carbonyl (C=O) groups excluding carboxylic acids is 2. The van der Waals surface area contributed by atoms with Crippen molar-refractivity contribution in [2.75, 3.05) is 39.9 Å². The van der Waals surface area contributed by atoms with Gasteiger partial charge < -0.3 is 23.7 Å². The van der Waals surface area contributed by atoms with Gasteiger partial charge in [0.15, 0.2) is 23.0 Å². The third kappa shape index (κ3) is 4.50. The van der Waals surface area contributed by atoms with Crippen molar-refractivity contribution in [3.8, 4) is 23.0 Å². The maximum absolute atomic E-state index is 13.5. The molecule has 8 nitrogen and oxygen atoms in total. The number of esters is 1. The van der Waals surface area contributed by atoms with Gasteiger partial charge in [-0.1, -0.05) is 6.07 Å². The van der Waals surface area contributed by atoms with Crippen LogP contribution in [0.5, 0.6) is 23.0 Å². The van der Waals surface area contributed by atoms with E-state index in [1.54, 1.807) is 49.4 Å². The third-order valence-electron chi connectivity index (χ3n) is 5.21. The molecule has 3 rings (SSSR count). The van der Waals surface area contributed by atoms with Crippen LogP contribution in [0, 0.1) is 0 Å². The van der Waals surface area contributed by atoms with Crippen molar-refractivity contribution in [3.63, 3.8) is 0 Å². The molecule has 0 bridgehead atoms. The molecule has 1 aliphatic heterocycles. The zero-order valence-corrected chi connectivity index (χ0v) is 19.6. The smallest absolute Gasteiger partial charge is 0.340 e. The van der Waals surface area contributed by atoms with Crippen LogP contribution in [-0.4, -0.2) is 46.9 Å². The lowest BCUT2D eigenvalue weighted by atomic mass is 10.0. The molecule has 33 heavy (non-hydrogen) atoms. The topological polar surface area (TPSA) is 83.5 Å². The minimum atomic E-state index is -0.604. The van der Waals surface area contributed by atoms with Crippen molar-refractivity contribution in [3.05, 3.63) is 58.8 Å². The van der Waals surface area contributed by atoms with Crippen molar-refractivity contribution in [1.29, 1.82) is 0 Å². The van der Waals surface area contributed by atoms with Gasteiger partial charge in [-0.2, -0.15) is 0 Å². The van der Waals surface area contributed by atoms with Gasteiger partial charge in [-0.25, -0.2) is 4.79 Å². The Balaban J connectivity index is 2.11. The summed E-state index contributed by atoms with van der Waals surface area (Å²) in [5.41, 5.74) is 2.04. The molecule has 0 aliphatic carbocycles. The van der Waals surface area contributed by atoms with Gasteiger partial charge >= 0.3 is 5.97 Å². The number of nitrogens with zero attached hydrogens (tertiary/aromatic N) is 1. The van der Waals surface area contributed by atoms with E-state index < -0.39 is 5.97 Å². The first-order valence-electron chi connectivity index (χ1n) is 10.3. The molecule has 0 saturated heterocycles. The zero-order valence-electron chi connectivity index (χ0n) is 19.6. The summed E-state index contributed by atoms with van der Waals surface area (Å²) in [4.78, 5) is 27.6. The van der Waals surface area contributed by atoms with E-state index in [4.69, 9.17) is 23.7 Å². The Hall–Kier alpha value is -3.94. The largest absolute Gasteiger partial charge is 0.493 e. The van der Waals surface area contributed by atoms with Crippen LogP contribution in [0.4, 0.5) is 5.69 Å². The molecule has 174 valence electrons. The van der Waals surface area contributed by atoms with Crippen LogP contribution in [0.2, 0.25) is 0 Å². The number of hydrogen-bond donors (Lipinski definition) is 0. The molecule has 0 fully saturated rings. The highest BCUT2D eigenvalue weighted by Crippen LogP contribution is 2.39. The first kappa shape index (κ1) is 23.7. The molecule has 0 aromatic heterocycles. The Labute approximate surface area is 192 Å². The molecule has 2 aromatic rings. The van der Waals surface area contributed by atoms with Crippen molar-refractivity contribution in [2.45, 2.75) is 13.8 Å². The Morgan fingerprint density at radius 2 is 1.55 bits per heavy atom. The first-order chi connectivity index (χ1) is 15.9. The van der Waals surface area contributed by atoms with Crippen molar-refractivity contribution >= 4 is 23.6 Å². The van der Waals surface area contributed by atoms with Gasteiger partial charge in [-0.15, -0.1) is 0 Å². The number of allylic oxidation sites excluding steroid dienone is 1. The minimum Gasteiger partial charge on any atom is -0.493 e. The number of benzene rings is 2. The van der Waals surface area contributed by atoms with E-state index in [0.717, 1.165) is 0 Å².